The number of ether oxygens (including phenoxy) is 2. The molecule has 0 spiro atoms. The van der Waals surface area contributed by atoms with E-state index in [1.165, 1.54) is 0 Å². The monoisotopic (exact) mass is 664 g/mol. The third-order valence-corrected chi connectivity index (χ3v) is 9.40. The van der Waals surface area contributed by atoms with Crippen molar-refractivity contribution in [3.8, 4) is 0 Å². The van der Waals surface area contributed by atoms with Gasteiger partial charge < -0.3 is 35.0 Å². The van der Waals surface area contributed by atoms with E-state index in [0.29, 0.717) is 55.8 Å². The molecule has 1 amide bonds. The van der Waals surface area contributed by atoms with Crippen molar-refractivity contribution < 1.29 is 34.4 Å². The number of carbonyl (C=O) groups is 2. The highest BCUT2D eigenvalue weighted by atomic mass is 35.5. The van der Waals surface area contributed by atoms with Gasteiger partial charge in [0.05, 0.1) is 24.4 Å². The molecule has 0 radical (unpaired) electrons. The maximum atomic E-state index is 12.5. The van der Waals surface area contributed by atoms with Crippen molar-refractivity contribution in [1.82, 2.24) is 4.90 Å². The molecule has 4 N–H and O–H groups in total. The van der Waals surface area contributed by atoms with Gasteiger partial charge in [0.25, 0.3) is 0 Å². The van der Waals surface area contributed by atoms with E-state index in [1.54, 1.807) is 0 Å². The molecule has 2 heterocycles. The number of hydrogen-bond acceptors (Lipinski definition) is 7. The number of halogens is 1. The van der Waals surface area contributed by atoms with Crippen LogP contribution in [-0.4, -0.2) is 57.8 Å². The number of benzene rings is 3. The molecule has 3 aromatic rings. The number of unbranched alkanes of at least 4 members (excludes halogenated alkanes) is 3. The first-order valence-electron chi connectivity index (χ1n) is 16.5. The molecule has 3 unspecified atom stereocenters. The Morgan fingerprint density at radius 2 is 1.49 bits per heavy atom. The van der Waals surface area contributed by atoms with Crippen LogP contribution in [0.15, 0.2) is 72.8 Å². The molecule has 9 nitrogen and oxygen atoms in total. The van der Waals surface area contributed by atoms with Crippen molar-refractivity contribution in [2.24, 2.45) is 0 Å². The SMILES string of the molecule is O=C(O)CCCCCCC(=O)Nc1ccc(C2OC(CN3CCC(O)(c4ccc(Cl)cc4)CC3)CC(c3ccc(CO)cc3)O2)cc1. The summed E-state index contributed by atoms with van der Waals surface area (Å²) in [5.74, 6) is -0.860. The number of piperidine rings is 1. The smallest absolute Gasteiger partial charge is 0.303 e. The average Bonchev–Trinajstić information content (AvgIpc) is 3.08. The maximum Gasteiger partial charge on any atom is 0.303 e. The number of rotatable bonds is 14. The Morgan fingerprint density at radius 3 is 2.13 bits per heavy atom. The number of nitrogens with one attached hydrogen (secondary N) is 1. The van der Waals surface area contributed by atoms with Crippen LogP contribution < -0.4 is 5.32 Å². The van der Waals surface area contributed by atoms with Crippen LogP contribution in [0.1, 0.15) is 92.4 Å². The summed E-state index contributed by atoms with van der Waals surface area (Å²) < 4.78 is 13.0. The van der Waals surface area contributed by atoms with Crippen molar-refractivity contribution in [3.63, 3.8) is 0 Å². The number of carboxylic acids is 1. The van der Waals surface area contributed by atoms with Gasteiger partial charge in [-0.25, -0.2) is 0 Å². The van der Waals surface area contributed by atoms with Crippen LogP contribution in [0.4, 0.5) is 5.69 Å². The first-order valence-corrected chi connectivity index (χ1v) is 16.9. The van der Waals surface area contributed by atoms with Crippen LogP contribution >= 0.6 is 11.6 Å². The van der Waals surface area contributed by atoms with Crippen LogP contribution in [0.3, 0.4) is 0 Å². The minimum atomic E-state index is -0.879. The van der Waals surface area contributed by atoms with E-state index in [-0.39, 0.29) is 31.1 Å². The molecule has 2 aliphatic rings. The molecule has 2 saturated heterocycles. The second-order valence-corrected chi connectivity index (χ2v) is 13.1. The Labute approximate surface area is 281 Å². The summed E-state index contributed by atoms with van der Waals surface area (Å²) in [7, 11) is 0. The molecule has 0 saturated carbocycles. The first kappa shape index (κ1) is 35.0. The lowest BCUT2D eigenvalue weighted by Gasteiger charge is -2.42. The number of aliphatic carboxylic acids is 1. The van der Waals surface area contributed by atoms with Crippen LogP contribution in [-0.2, 0) is 31.3 Å². The number of amides is 1. The zero-order valence-electron chi connectivity index (χ0n) is 26.7. The zero-order valence-corrected chi connectivity index (χ0v) is 27.4. The lowest BCUT2D eigenvalue weighted by molar-refractivity contribution is -0.253. The normalized spacial score (nSPS) is 21.3. The Hall–Kier alpha value is -3.31. The number of aliphatic hydroxyl groups is 2. The van der Waals surface area contributed by atoms with Crippen LogP contribution in [0.2, 0.25) is 5.02 Å². The fraction of sp³-hybridized carbons (Fsp3) is 0.459. The topological polar surface area (TPSA) is 129 Å². The Morgan fingerprint density at radius 1 is 0.851 bits per heavy atom. The Kier molecular flexibility index (Phi) is 12.4. The number of nitrogens with zero attached hydrogens (tertiary/aromatic N) is 1. The Balaban J connectivity index is 1.19. The number of hydrogen-bond donors (Lipinski definition) is 4. The molecule has 2 aliphatic heterocycles. The standard InChI is InChI=1S/C37H45ClN2O7/c38-30-15-13-29(14-16-30)37(45)19-21-40(22-20-37)24-32-23-33(27-9-7-26(25-41)8-10-27)47-36(46-32)28-11-17-31(18-12-28)39-34(42)5-3-1-2-4-6-35(43)44/h7-18,32-33,36,41,45H,1-6,19-25H2,(H,39,42)(H,43,44). The number of carbonyl (C=O) groups excluding carboxylic acids is 1. The largest absolute Gasteiger partial charge is 0.481 e. The van der Waals surface area contributed by atoms with Crippen molar-refractivity contribution in [3.05, 3.63) is 100 Å². The van der Waals surface area contributed by atoms with E-state index in [9.17, 15) is 19.8 Å². The molecule has 252 valence electrons. The molecule has 5 rings (SSSR count). The van der Waals surface area contributed by atoms with Gasteiger partial charge in [-0.2, -0.15) is 0 Å². The third-order valence-electron chi connectivity index (χ3n) is 9.15. The average molecular weight is 665 g/mol. The van der Waals surface area contributed by atoms with Crippen LogP contribution in [0.5, 0.6) is 0 Å². The second-order valence-electron chi connectivity index (χ2n) is 12.7. The quantitative estimate of drug-likeness (QED) is 0.140. The van der Waals surface area contributed by atoms with Gasteiger partial charge in [-0.15, -0.1) is 0 Å². The Bertz CT molecular complexity index is 1440. The number of anilines is 1. The van der Waals surface area contributed by atoms with Gasteiger partial charge in [-0.05, 0) is 66.6 Å². The van der Waals surface area contributed by atoms with Gasteiger partial charge in [0.2, 0.25) is 5.91 Å². The van der Waals surface area contributed by atoms with Gasteiger partial charge in [-0.3, -0.25) is 9.59 Å². The van der Waals surface area contributed by atoms with E-state index in [2.05, 4.69) is 10.2 Å². The molecule has 0 aliphatic carbocycles. The van der Waals surface area contributed by atoms with Gasteiger partial charge in [-0.1, -0.05) is 73.0 Å². The summed E-state index contributed by atoms with van der Waals surface area (Å²) in [5, 5.41) is 33.2. The minimum Gasteiger partial charge on any atom is -0.481 e. The lowest BCUT2D eigenvalue weighted by Crippen LogP contribution is -2.46. The van der Waals surface area contributed by atoms with Crippen molar-refractivity contribution >= 4 is 29.2 Å². The fourth-order valence-electron chi connectivity index (χ4n) is 6.34. The third kappa shape index (κ3) is 10.1. The summed E-state index contributed by atoms with van der Waals surface area (Å²) in [6.07, 6.45) is 4.47. The predicted molar refractivity (Wildman–Crippen MR) is 180 cm³/mol. The summed E-state index contributed by atoms with van der Waals surface area (Å²) in [4.78, 5) is 25.4. The number of aliphatic hydroxyl groups excluding tert-OH is 1. The molecule has 2 fully saturated rings. The summed E-state index contributed by atoms with van der Waals surface area (Å²) in [6.45, 7) is 2.15. The van der Waals surface area contributed by atoms with Gasteiger partial charge in [0.15, 0.2) is 6.29 Å². The number of carboxylic acid groups (broad SMARTS) is 1. The highest BCUT2D eigenvalue weighted by molar-refractivity contribution is 6.30. The van der Waals surface area contributed by atoms with E-state index in [4.69, 9.17) is 26.2 Å². The first-order chi connectivity index (χ1) is 22.7. The van der Waals surface area contributed by atoms with Crippen LogP contribution in [0.25, 0.3) is 0 Å². The lowest BCUT2D eigenvalue weighted by atomic mass is 9.84. The summed E-state index contributed by atoms with van der Waals surface area (Å²) in [5.41, 5.74) is 3.40. The van der Waals surface area contributed by atoms with Crippen LogP contribution in [0, 0.1) is 0 Å². The predicted octanol–water partition coefficient (Wildman–Crippen LogP) is 6.73. The van der Waals surface area contributed by atoms with Gasteiger partial charge >= 0.3 is 5.97 Å². The van der Waals surface area contributed by atoms with Crippen molar-refractivity contribution in [2.45, 2.75) is 88.5 Å². The van der Waals surface area contributed by atoms with E-state index in [0.717, 1.165) is 48.2 Å². The van der Waals surface area contributed by atoms with Crippen molar-refractivity contribution in [1.29, 1.82) is 0 Å². The second kappa shape index (κ2) is 16.7. The molecular weight excluding hydrogens is 620 g/mol. The highest BCUT2D eigenvalue weighted by Crippen LogP contribution is 2.39. The summed E-state index contributed by atoms with van der Waals surface area (Å²) >= 11 is 6.06. The fourth-order valence-corrected chi connectivity index (χ4v) is 6.46. The maximum absolute atomic E-state index is 12.5. The summed E-state index contributed by atoms with van der Waals surface area (Å²) in [6, 6.07) is 22.8. The van der Waals surface area contributed by atoms with E-state index in [1.807, 2.05) is 72.8 Å². The molecule has 3 aromatic carbocycles. The highest BCUT2D eigenvalue weighted by Gasteiger charge is 2.37. The zero-order chi connectivity index (χ0) is 33.2. The molecular formula is C37H45ClN2O7. The van der Waals surface area contributed by atoms with Gasteiger partial charge in [0.1, 0.15) is 0 Å². The molecule has 47 heavy (non-hydrogen) atoms. The molecule has 3 atom stereocenters. The molecule has 0 aromatic heterocycles. The molecule has 0 bridgehead atoms. The number of likely N-dealkylation sites (tertiary alicyclic amines) is 1. The van der Waals surface area contributed by atoms with E-state index >= 15 is 0 Å². The van der Waals surface area contributed by atoms with E-state index < -0.39 is 17.9 Å². The van der Waals surface area contributed by atoms with Gasteiger partial charge in [0, 0.05) is 55.2 Å². The minimum absolute atomic E-state index is 0.0207. The van der Waals surface area contributed by atoms with Crippen molar-refractivity contribution in [2.75, 3.05) is 25.0 Å². The molecule has 10 heteroatoms.